The van der Waals surface area contributed by atoms with Crippen molar-refractivity contribution < 1.29 is 9.53 Å². The van der Waals surface area contributed by atoms with Crippen molar-refractivity contribution in [3.63, 3.8) is 0 Å². The lowest BCUT2D eigenvalue weighted by atomic mass is 9.79. The van der Waals surface area contributed by atoms with Crippen LogP contribution in [-0.2, 0) is 9.53 Å². The summed E-state index contributed by atoms with van der Waals surface area (Å²) >= 11 is 0. The Morgan fingerprint density at radius 1 is 1.37 bits per heavy atom. The van der Waals surface area contributed by atoms with Crippen LogP contribution >= 0.6 is 0 Å². The summed E-state index contributed by atoms with van der Waals surface area (Å²) in [6.07, 6.45) is 2.87. The number of ether oxygens (including phenoxy) is 1. The highest BCUT2D eigenvalue weighted by molar-refractivity contribution is 5.79. The van der Waals surface area contributed by atoms with Crippen molar-refractivity contribution in [1.29, 1.82) is 0 Å². The van der Waals surface area contributed by atoms with Crippen LogP contribution in [-0.4, -0.2) is 43.7 Å². The van der Waals surface area contributed by atoms with Gasteiger partial charge in [0.25, 0.3) is 0 Å². The Hall–Kier alpha value is -0.610. The van der Waals surface area contributed by atoms with Gasteiger partial charge in [-0.05, 0) is 31.1 Å². The predicted octanol–water partition coefficient (Wildman–Crippen LogP) is 1.88. The molecular formula is C15H30N2O2. The minimum Gasteiger partial charge on any atom is -0.383 e. The molecule has 0 bridgehead atoms. The van der Waals surface area contributed by atoms with Crippen LogP contribution < -0.4 is 5.73 Å². The Morgan fingerprint density at radius 2 is 2.05 bits per heavy atom. The molecular weight excluding hydrogens is 240 g/mol. The number of amides is 1. The molecule has 4 heteroatoms. The Kier molecular flexibility index (Phi) is 6.80. The Labute approximate surface area is 117 Å². The second kappa shape index (κ2) is 7.85. The first kappa shape index (κ1) is 16.4. The van der Waals surface area contributed by atoms with Crippen LogP contribution in [0.25, 0.3) is 0 Å². The van der Waals surface area contributed by atoms with E-state index in [0.29, 0.717) is 25.0 Å². The van der Waals surface area contributed by atoms with Gasteiger partial charge in [0.1, 0.15) is 0 Å². The highest BCUT2D eigenvalue weighted by Gasteiger charge is 2.32. The fourth-order valence-corrected chi connectivity index (χ4v) is 3.05. The third kappa shape index (κ3) is 5.49. The first-order valence-electron chi connectivity index (χ1n) is 7.47. The van der Waals surface area contributed by atoms with Crippen LogP contribution in [0.5, 0.6) is 0 Å². The Bertz CT molecular complexity index is 271. The lowest BCUT2D eigenvalue weighted by Gasteiger charge is -2.34. The van der Waals surface area contributed by atoms with Crippen LogP contribution in [0.2, 0.25) is 0 Å². The predicted molar refractivity (Wildman–Crippen MR) is 77.8 cm³/mol. The van der Waals surface area contributed by atoms with E-state index in [1.165, 1.54) is 0 Å². The lowest BCUT2D eigenvalue weighted by molar-refractivity contribution is -0.138. The van der Waals surface area contributed by atoms with Crippen LogP contribution in [0, 0.1) is 17.8 Å². The van der Waals surface area contributed by atoms with Crippen molar-refractivity contribution in [2.45, 2.75) is 46.1 Å². The molecule has 3 atom stereocenters. The molecule has 0 aromatic rings. The van der Waals surface area contributed by atoms with Crippen molar-refractivity contribution in [1.82, 2.24) is 4.90 Å². The van der Waals surface area contributed by atoms with Crippen molar-refractivity contribution in [3.8, 4) is 0 Å². The first-order valence-corrected chi connectivity index (χ1v) is 7.47. The zero-order valence-electron chi connectivity index (χ0n) is 12.9. The molecule has 1 aliphatic carbocycles. The number of methoxy groups -OCH3 is 1. The van der Waals surface area contributed by atoms with Crippen LogP contribution in [0.1, 0.15) is 40.0 Å². The minimum atomic E-state index is 0.106. The summed E-state index contributed by atoms with van der Waals surface area (Å²) < 4.78 is 5.12. The van der Waals surface area contributed by atoms with Gasteiger partial charge in [0.15, 0.2) is 0 Å². The van der Waals surface area contributed by atoms with Gasteiger partial charge in [-0.1, -0.05) is 20.8 Å². The summed E-state index contributed by atoms with van der Waals surface area (Å²) in [7, 11) is 1.68. The highest BCUT2D eigenvalue weighted by atomic mass is 16.5. The summed E-state index contributed by atoms with van der Waals surface area (Å²) in [5.74, 6) is 1.42. The monoisotopic (exact) mass is 270 g/mol. The van der Waals surface area contributed by atoms with Gasteiger partial charge in [-0.15, -0.1) is 0 Å². The van der Waals surface area contributed by atoms with Crippen molar-refractivity contribution in [2.75, 3.05) is 26.8 Å². The second-order valence-electron chi connectivity index (χ2n) is 6.44. The number of rotatable bonds is 6. The van der Waals surface area contributed by atoms with E-state index >= 15 is 0 Å². The fourth-order valence-electron chi connectivity index (χ4n) is 3.05. The van der Waals surface area contributed by atoms with Gasteiger partial charge < -0.3 is 15.4 Å². The lowest BCUT2D eigenvalue weighted by Crippen LogP contribution is -2.44. The van der Waals surface area contributed by atoms with Gasteiger partial charge in [-0.25, -0.2) is 0 Å². The first-order chi connectivity index (χ1) is 8.93. The van der Waals surface area contributed by atoms with Gasteiger partial charge >= 0.3 is 0 Å². The molecule has 0 heterocycles. The molecule has 1 rings (SSSR count). The molecule has 0 aromatic carbocycles. The molecule has 1 amide bonds. The van der Waals surface area contributed by atoms with E-state index in [1.807, 2.05) is 4.90 Å². The zero-order chi connectivity index (χ0) is 14.4. The third-order valence-corrected chi connectivity index (χ3v) is 3.79. The van der Waals surface area contributed by atoms with Gasteiger partial charge in [0.05, 0.1) is 6.61 Å². The Balaban J connectivity index is 2.63. The Morgan fingerprint density at radius 3 is 2.58 bits per heavy atom. The largest absolute Gasteiger partial charge is 0.383 e. The molecule has 0 aromatic heterocycles. The summed E-state index contributed by atoms with van der Waals surface area (Å²) in [5.41, 5.74) is 6.06. The molecule has 0 spiro atoms. The third-order valence-electron chi connectivity index (χ3n) is 3.79. The van der Waals surface area contributed by atoms with E-state index in [1.54, 1.807) is 7.11 Å². The number of nitrogens with zero attached hydrogens (tertiary/aromatic N) is 1. The molecule has 0 aliphatic heterocycles. The standard InChI is InChI=1S/C15H30N2O2/c1-11(2)10-17(5-6-19-4)15(18)13-7-12(3)8-14(16)9-13/h11-14H,5-10,16H2,1-4H3. The number of hydrogen-bond donors (Lipinski definition) is 1. The zero-order valence-corrected chi connectivity index (χ0v) is 12.9. The molecule has 3 unspecified atom stereocenters. The van der Waals surface area contributed by atoms with Crippen molar-refractivity contribution in [2.24, 2.45) is 23.5 Å². The molecule has 0 saturated heterocycles. The fraction of sp³-hybridized carbons (Fsp3) is 0.933. The molecule has 112 valence electrons. The van der Waals surface area contributed by atoms with Crippen molar-refractivity contribution >= 4 is 5.91 Å². The van der Waals surface area contributed by atoms with E-state index in [0.717, 1.165) is 25.8 Å². The molecule has 0 radical (unpaired) electrons. The number of nitrogens with two attached hydrogens (primary N) is 1. The SMILES string of the molecule is COCCN(CC(C)C)C(=O)C1CC(C)CC(N)C1. The van der Waals surface area contributed by atoms with Crippen LogP contribution in [0.3, 0.4) is 0 Å². The van der Waals surface area contributed by atoms with E-state index < -0.39 is 0 Å². The topological polar surface area (TPSA) is 55.6 Å². The average molecular weight is 270 g/mol. The normalized spacial score (nSPS) is 27.6. The molecule has 1 fully saturated rings. The van der Waals surface area contributed by atoms with Gasteiger partial charge in [-0.2, -0.15) is 0 Å². The maximum atomic E-state index is 12.6. The van der Waals surface area contributed by atoms with E-state index in [-0.39, 0.29) is 17.9 Å². The summed E-state index contributed by atoms with van der Waals surface area (Å²) in [6, 6.07) is 0.182. The second-order valence-corrected chi connectivity index (χ2v) is 6.44. The van der Waals surface area contributed by atoms with Crippen LogP contribution in [0.15, 0.2) is 0 Å². The van der Waals surface area contributed by atoms with E-state index in [2.05, 4.69) is 20.8 Å². The minimum absolute atomic E-state index is 0.106. The number of carbonyl (C=O) groups is 1. The number of carbonyl (C=O) groups excluding carboxylic acids is 1. The summed E-state index contributed by atoms with van der Waals surface area (Å²) in [5, 5.41) is 0. The molecule has 4 nitrogen and oxygen atoms in total. The van der Waals surface area contributed by atoms with Gasteiger partial charge in [0.2, 0.25) is 5.91 Å². The van der Waals surface area contributed by atoms with Gasteiger partial charge in [-0.3, -0.25) is 4.79 Å². The summed E-state index contributed by atoms with van der Waals surface area (Å²) in [4.78, 5) is 14.6. The van der Waals surface area contributed by atoms with Crippen LogP contribution in [0.4, 0.5) is 0 Å². The average Bonchev–Trinajstić information content (AvgIpc) is 2.32. The maximum Gasteiger partial charge on any atom is 0.225 e. The summed E-state index contributed by atoms with van der Waals surface area (Å²) in [6.45, 7) is 8.58. The highest BCUT2D eigenvalue weighted by Crippen LogP contribution is 2.29. The number of hydrogen-bond acceptors (Lipinski definition) is 3. The maximum absolute atomic E-state index is 12.6. The molecule has 19 heavy (non-hydrogen) atoms. The molecule has 1 saturated carbocycles. The van der Waals surface area contributed by atoms with Gasteiger partial charge in [0, 0.05) is 32.2 Å². The molecule has 1 aliphatic rings. The van der Waals surface area contributed by atoms with E-state index in [4.69, 9.17) is 10.5 Å². The quantitative estimate of drug-likeness (QED) is 0.802. The van der Waals surface area contributed by atoms with Crippen molar-refractivity contribution in [3.05, 3.63) is 0 Å². The smallest absolute Gasteiger partial charge is 0.225 e. The molecule has 2 N–H and O–H groups in total. The van der Waals surface area contributed by atoms with E-state index in [9.17, 15) is 4.79 Å².